The number of halogens is 1. The summed E-state index contributed by atoms with van der Waals surface area (Å²) in [5.74, 6) is -2.97. The maximum absolute atomic E-state index is 12.9. The third-order valence-electron chi connectivity index (χ3n) is 4.01. The Morgan fingerprint density at radius 1 is 1.17 bits per heavy atom. The normalized spacial score (nSPS) is 15.4. The number of barbiturate groups is 1. The molecule has 1 aliphatic rings. The number of aryl methyl sites for hydroxylation is 1. The maximum Gasteiger partial charge on any atom is 0.335 e. The summed E-state index contributed by atoms with van der Waals surface area (Å²) in [6.45, 7) is 1.16. The quantitative estimate of drug-likeness (QED) is 0.537. The van der Waals surface area contributed by atoms with Crippen LogP contribution in [0.15, 0.2) is 52.5 Å². The van der Waals surface area contributed by atoms with Crippen molar-refractivity contribution >= 4 is 51.5 Å². The minimum atomic E-state index is -1.42. The van der Waals surface area contributed by atoms with Crippen molar-refractivity contribution in [2.24, 2.45) is 0 Å². The zero-order valence-electron chi connectivity index (χ0n) is 15.1. The predicted molar refractivity (Wildman–Crippen MR) is 105 cm³/mol. The van der Waals surface area contributed by atoms with Crippen molar-refractivity contribution < 1.29 is 29.0 Å². The maximum atomic E-state index is 12.9. The van der Waals surface area contributed by atoms with E-state index in [1.807, 2.05) is 6.92 Å². The average Bonchev–Trinajstić information content (AvgIpc) is 2.65. The molecule has 148 valence electrons. The van der Waals surface area contributed by atoms with Gasteiger partial charge in [-0.1, -0.05) is 33.6 Å². The molecule has 0 bridgehead atoms. The summed E-state index contributed by atoms with van der Waals surface area (Å²) >= 11 is 3.27. The van der Waals surface area contributed by atoms with E-state index in [1.165, 1.54) is 12.1 Å². The molecule has 1 heterocycles. The van der Waals surface area contributed by atoms with Crippen LogP contribution >= 0.6 is 15.9 Å². The number of nitrogens with zero attached hydrogens (tertiary/aromatic N) is 1. The second-order valence-electron chi connectivity index (χ2n) is 6.14. The van der Waals surface area contributed by atoms with Crippen LogP contribution in [0.3, 0.4) is 0 Å². The molecule has 1 aliphatic heterocycles. The second kappa shape index (κ2) is 8.27. The van der Waals surface area contributed by atoms with E-state index in [0.29, 0.717) is 10.2 Å². The number of benzene rings is 2. The highest BCUT2D eigenvalue weighted by molar-refractivity contribution is 9.10. The lowest BCUT2D eigenvalue weighted by Crippen LogP contribution is -2.54. The largest absolute Gasteiger partial charge is 0.546 e. The smallest absolute Gasteiger partial charge is 0.335 e. The molecule has 1 saturated heterocycles. The summed E-state index contributed by atoms with van der Waals surface area (Å²) in [7, 11) is 0. The van der Waals surface area contributed by atoms with Gasteiger partial charge in [-0.2, -0.15) is 0 Å². The standard InChI is InChI=1S/C20H15BrN2O6/c1-11-2-5-14(6-3-11)23-19(27)15(18(26)22-20(23)28)9-12-8-13(21)4-7-16(12)29-10-17(24)25/h2-9H,10H2,1H3,(H,24,25)(H,22,26,28)/p-1/b15-9+. The Kier molecular flexibility index (Phi) is 5.79. The molecule has 0 saturated carbocycles. The van der Waals surface area contributed by atoms with Crippen molar-refractivity contribution in [1.82, 2.24) is 5.32 Å². The van der Waals surface area contributed by atoms with Gasteiger partial charge in [0.25, 0.3) is 11.8 Å². The molecule has 0 aromatic heterocycles. The molecular formula is C20H14BrN2O6-. The van der Waals surface area contributed by atoms with E-state index >= 15 is 0 Å². The van der Waals surface area contributed by atoms with Gasteiger partial charge in [-0.25, -0.2) is 9.69 Å². The van der Waals surface area contributed by atoms with E-state index in [9.17, 15) is 24.3 Å². The van der Waals surface area contributed by atoms with Gasteiger partial charge >= 0.3 is 6.03 Å². The number of hydrogen-bond acceptors (Lipinski definition) is 6. The van der Waals surface area contributed by atoms with Crippen molar-refractivity contribution in [1.29, 1.82) is 0 Å². The first-order valence-corrected chi connectivity index (χ1v) is 9.16. The number of aliphatic carboxylic acids is 1. The number of anilines is 1. The SMILES string of the molecule is Cc1ccc(N2C(=O)NC(=O)/C(=C\c3cc(Br)ccc3OCC(=O)[O-])C2=O)cc1. The molecule has 2 aromatic carbocycles. The van der Waals surface area contributed by atoms with E-state index in [2.05, 4.69) is 21.2 Å². The molecule has 0 spiro atoms. The molecule has 2 aromatic rings. The van der Waals surface area contributed by atoms with Crippen LogP contribution in [-0.2, 0) is 14.4 Å². The van der Waals surface area contributed by atoms with Crippen LogP contribution < -0.4 is 20.1 Å². The average molecular weight is 458 g/mol. The minimum Gasteiger partial charge on any atom is -0.546 e. The lowest BCUT2D eigenvalue weighted by atomic mass is 10.1. The Balaban J connectivity index is 2.01. The third kappa shape index (κ3) is 4.52. The van der Waals surface area contributed by atoms with E-state index in [0.717, 1.165) is 10.5 Å². The van der Waals surface area contributed by atoms with Crippen LogP contribution in [-0.4, -0.2) is 30.4 Å². The van der Waals surface area contributed by atoms with Crippen molar-refractivity contribution in [2.45, 2.75) is 6.92 Å². The Labute approximate surface area is 173 Å². The third-order valence-corrected chi connectivity index (χ3v) is 4.50. The summed E-state index contributed by atoms with van der Waals surface area (Å²) in [5, 5.41) is 12.8. The highest BCUT2D eigenvalue weighted by Gasteiger charge is 2.36. The number of nitrogens with one attached hydrogen (secondary N) is 1. The van der Waals surface area contributed by atoms with Gasteiger partial charge in [0.05, 0.1) is 11.7 Å². The summed E-state index contributed by atoms with van der Waals surface area (Å²) in [6, 6.07) is 10.4. The number of carboxylic acids is 1. The molecule has 8 nitrogen and oxygen atoms in total. The number of imide groups is 2. The predicted octanol–water partition coefficient (Wildman–Crippen LogP) is 1.55. The van der Waals surface area contributed by atoms with Gasteiger partial charge in [0.15, 0.2) is 0 Å². The molecule has 1 N–H and O–H groups in total. The Bertz CT molecular complexity index is 1050. The fourth-order valence-electron chi connectivity index (χ4n) is 2.64. The van der Waals surface area contributed by atoms with Gasteiger partial charge in [0.1, 0.15) is 17.9 Å². The molecule has 3 rings (SSSR count). The number of hydrogen-bond donors (Lipinski definition) is 1. The van der Waals surface area contributed by atoms with E-state index in [1.54, 1.807) is 36.4 Å². The van der Waals surface area contributed by atoms with E-state index in [-0.39, 0.29) is 16.9 Å². The van der Waals surface area contributed by atoms with Gasteiger partial charge in [-0.3, -0.25) is 14.9 Å². The Morgan fingerprint density at radius 3 is 2.52 bits per heavy atom. The van der Waals surface area contributed by atoms with Crippen LogP contribution in [0.1, 0.15) is 11.1 Å². The number of urea groups is 1. The molecule has 0 unspecified atom stereocenters. The highest BCUT2D eigenvalue weighted by Crippen LogP contribution is 2.28. The Morgan fingerprint density at radius 2 is 1.86 bits per heavy atom. The van der Waals surface area contributed by atoms with E-state index in [4.69, 9.17) is 4.74 Å². The fourth-order valence-corrected chi connectivity index (χ4v) is 3.02. The first-order valence-electron chi connectivity index (χ1n) is 8.36. The minimum absolute atomic E-state index is 0.129. The number of ether oxygens (including phenoxy) is 1. The number of carboxylic acid groups (broad SMARTS) is 1. The molecule has 0 radical (unpaired) electrons. The summed E-state index contributed by atoms with van der Waals surface area (Å²) in [4.78, 5) is 49.0. The topological polar surface area (TPSA) is 116 Å². The molecule has 9 heteroatoms. The van der Waals surface area contributed by atoms with Crippen LogP contribution in [0, 0.1) is 6.92 Å². The van der Waals surface area contributed by atoms with Crippen molar-refractivity contribution in [3.63, 3.8) is 0 Å². The van der Waals surface area contributed by atoms with Crippen LogP contribution in [0.2, 0.25) is 0 Å². The lowest BCUT2D eigenvalue weighted by Gasteiger charge is -2.26. The molecule has 4 amide bonds. The van der Waals surface area contributed by atoms with Gasteiger partial charge < -0.3 is 14.6 Å². The number of rotatable bonds is 5. The second-order valence-corrected chi connectivity index (χ2v) is 7.05. The zero-order chi connectivity index (χ0) is 21.1. The van der Waals surface area contributed by atoms with E-state index < -0.39 is 30.4 Å². The molecule has 29 heavy (non-hydrogen) atoms. The van der Waals surface area contributed by atoms with Gasteiger partial charge in [-0.15, -0.1) is 0 Å². The highest BCUT2D eigenvalue weighted by atomic mass is 79.9. The van der Waals surface area contributed by atoms with Gasteiger partial charge in [0, 0.05) is 10.0 Å². The number of carbonyl (C=O) groups excluding carboxylic acids is 4. The molecule has 1 fully saturated rings. The number of carbonyl (C=O) groups is 4. The van der Waals surface area contributed by atoms with Crippen molar-refractivity contribution in [2.75, 3.05) is 11.5 Å². The fraction of sp³-hybridized carbons (Fsp3) is 0.100. The zero-order valence-corrected chi connectivity index (χ0v) is 16.7. The first-order chi connectivity index (χ1) is 13.8. The number of amides is 4. The van der Waals surface area contributed by atoms with Crippen LogP contribution in [0.4, 0.5) is 10.5 Å². The molecule has 0 atom stereocenters. The van der Waals surface area contributed by atoms with Crippen molar-refractivity contribution in [3.05, 3.63) is 63.6 Å². The van der Waals surface area contributed by atoms with Crippen LogP contribution in [0.25, 0.3) is 6.08 Å². The van der Waals surface area contributed by atoms with Crippen molar-refractivity contribution in [3.8, 4) is 5.75 Å². The molecule has 0 aliphatic carbocycles. The summed E-state index contributed by atoms with van der Waals surface area (Å²) in [6.07, 6.45) is 1.24. The summed E-state index contributed by atoms with van der Waals surface area (Å²) in [5.41, 5.74) is 1.22. The molecular weight excluding hydrogens is 444 g/mol. The van der Waals surface area contributed by atoms with Gasteiger partial charge in [-0.05, 0) is 43.3 Å². The van der Waals surface area contributed by atoms with Crippen LogP contribution in [0.5, 0.6) is 5.75 Å². The lowest BCUT2D eigenvalue weighted by molar-refractivity contribution is -0.307. The summed E-state index contributed by atoms with van der Waals surface area (Å²) < 4.78 is 5.77. The Hall–Kier alpha value is -3.46. The van der Waals surface area contributed by atoms with Gasteiger partial charge in [0.2, 0.25) is 0 Å². The monoisotopic (exact) mass is 457 g/mol. The first kappa shape index (κ1) is 20.3.